The number of ether oxygens (including phenoxy) is 1. The van der Waals surface area contributed by atoms with E-state index < -0.39 is 0 Å². The molecule has 60 valence electrons. The first-order chi connectivity index (χ1) is 4.47. The van der Waals surface area contributed by atoms with E-state index in [0.29, 0.717) is 0 Å². The number of nitrogens with one attached hydrogen (secondary N) is 1. The second-order valence-electron chi connectivity index (χ2n) is 3.04. The van der Waals surface area contributed by atoms with Crippen molar-refractivity contribution in [3.63, 3.8) is 0 Å². The van der Waals surface area contributed by atoms with Crippen molar-refractivity contribution < 1.29 is 4.74 Å². The first kappa shape index (κ1) is 8.31. The van der Waals surface area contributed by atoms with Crippen molar-refractivity contribution in [3.05, 3.63) is 0 Å². The highest BCUT2D eigenvalue weighted by molar-refractivity contribution is 5.85. The van der Waals surface area contributed by atoms with Gasteiger partial charge in [-0.15, -0.1) is 12.4 Å². The molecule has 0 aromatic heterocycles. The van der Waals surface area contributed by atoms with Gasteiger partial charge in [-0.1, -0.05) is 0 Å². The number of hydrogen-bond donors (Lipinski definition) is 1. The lowest BCUT2D eigenvalue weighted by Gasteiger charge is -2.31. The fourth-order valence-electron chi connectivity index (χ4n) is 1.57. The van der Waals surface area contributed by atoms with Gasteiger partial charge in [-0.05, 0) is 31.3 Å². The van der Waals surface area contributed by atoms with E-state index in [1.807, 2.05) is 0 Å². The van der Waals surface area contributed by atoms with Gasteiger partial charge in [-0.3, -0.25) is 0 Å². The van der Waals surface area contributed by atoms with Crippen LogP contribution in [0.25, 0.3) is 0 Å². The van der Waals surface area contributed by atoms with Crippen molar-refractivity contribution in [2.24, 2.45) is 11.8 Å². The van der Waals surface area contributed by atoms with E-state index in [-0.39, 0.29) is 12.4 Å². The topological polar surface area (TPSA) is 21.3 Å². The normalized spacial score (nSPS) is 33.0. The van der Waals surface area contributed by atoms with Gasteiger partial charge in [0.1, 0.15) is 0 Å². The van der Waals surface area contributed by atoms with Crippen LogP contribution in [0.5, 0.6) is 0 Å². The van der Waals surface area contributed by atoms with Crippen LogP contribution in [0.1, 0.15) is 6.42 Å². The highest BCUT2D eigenvalue weighted by atomic mass is 35.5. The third kappa shape index (κ3) is 1.44. The fourth-order valence-corrected chi connectivity index (χ4v) is 1.57. The van der Waals surface area contributed by atoms with Gasteiger partial charge in [0.05, 0.1) is 0 Å². The van der Waals surface area contributed by atoms with Crippen LogP contribution in [0.15, 0.2) is 0 Å². The van der Waals surface area contributed by atoms with Crippen LogP contribution in [-0.2, 0) is 4.74 Å². The summed E-state index contributed by atoms with van der Waals surface area (Å²) in [6, 6.07) is 0. The van der Waals surface area contributed by atoms with Gasteiger partial charge in [0.25, 0.3) is 0 Å². The molecule has 0 aliphatic carbocycles. The average Bonchev–Trinajstić information content (AvgIpc) is 2.11. The molecule has 0 radical (unpaired) electrons. The Morgan fingerprint density at radius 3 is 2.40 bits per heavy atom. The highest BCUT2D eigenvalue weighted by Gasteiger charge is 2.29. The minimum atomic E-state index is 0. The molecule has 1 unspecified atom stereocenters. The van der Waals surface area contributed by atoms with Crippen molar-refractivity contribution in [1.82, 2.24) is 5.32 Å². The Labute approximate surface area is 67.7 Å². The zero-order valence-electron chi connectivity index (χ0n) is 6.01. The SMILES string of the molecule is C1CC(C2CNC2)CO1.Cl. The van der Waals surface area contributed by atoms with Gasteiger partial charge in [0.2, 0.25) is 0 Å². The van der Waals surface area contributed by atoms with E-state index in [1.54, 1.807) is 0 Å². The maximum Gasteiger partial charge on any atom is 0.0498 e. The number of hydrogen-bond acceptors (Lipinski definition) is 2. The summed E-state index contributed by atoms with van der Waals surface area (Å²) in [7, 11) is 0. The van der Waals surface area contributed by atoms with Gasteiger partial charge < -0.3 is 10.1 Å². The zero-order chi connectivity index (χ0) is 6.10. The molecule has 0 bridgehead atoms. The number of halogens is 1. The van der Waals surface area contributed by atoms with Crippen LogP contribution in [-0.4, -0.2) is 26.3 Å². The molecule has 2 rings (SSSR count). The fraction of sp³-hybridized carbons (Fsp3) is 1.00. The van der Waals surface area contributed by atoms with Crippen LogP contribution in [0.3, 0.4) is 0 Å². The summed E-state index contributed by atoms with van der Waals surface area (Å²) < 4.78 is 5.29. The third-order valence-electron chi connectivity index (χ3n) is 2.44. The van der Waals surface area contributed by atoms with Crippen molar-refractivity contribution >= 4 is 12.4 Å². The van der Waals surface area contributed by atoms with E-state index in [9.17, 15) is 0 Å². The summed E-state index contributed by atoms with van der Waals surface area (Å²) in [4.78, 5) is 0. The molecule has 0 saturated carbocycles. The molecule has 2 nitrogen and oxygen atoms in total. The van der Waals surface area contributed by atoms with E-state index in [4.69, 9.17) is 4.74 Å². The lowest BCUT2D eigenvalue weighted by atomic mass is 9.87. The van der Waals surface area contributed by atoms with Crippen LogP contribution in [0.4, 0.5) is 0 Å². The Morgan fingerprint density at radius 1 is 1.20 bits per heavy atom. The Morgan fingerprint density at radius 2 is 2.00 bits per heavy atom. The molecule has 0 spiro atoms. The second-order valence-corrected chi connectivity index (χ2v) is 3.04. The van der Waals surface area contributed by atoms with Crippen LogP contribution < -0.4 is 5.32 Å². The minimum absolute atomic E-state index is 0. The van der Waals surface area contributed by atoms with E-state index in [1.165, 1.54) is 19.5 Å². The summed E-state index contributed by atoms with van der Waals surface area (Å²) in [6.07, 6.45) is 1.30. The van der Waals surface area contributed by atoms with Crippen LogP contribution in [0, 0.1) is 11.8 Å². The Bertz CT molecular complexity index is 99.8. The van der Waals surface area contributed by atoms with Crippen molar-refractivity contribution in [3.8, 4) is 0 Å². The molecule has 0 aromatic rings. The third-order valence-corrected chi connectivity index (χ3v) is 2.44. The molecule has 2 aliphatic heterocycles. The number of rotatable bonds is 1. The van der Waals surface area contributed by atoms with E-state index >= 15 is 0 Å². The molecule has 2 aliphatic rings. The molecule has 2 fully saturated rings. The molecule has 10 heavy (non-hydrogen) atoms. The summed E-state index contributed by atoms with van der Waals surface area (Å²) in [5.74, 6) is 1.82. The lowest BCUT2D eigenvalue weighted by molar-refractivity contribution is 0.155. The standard InChI is InChI=1S/C7H13NO.ClH/c1-2-9-5-6(1)7-3-8-4-7;/h6-8H,1-5H2;1H. The Kier molecular flexibility index (Phi) is 2.96. The first-order valence-electron chi connectivity index (χ1n) is 3.75. The van der Waals surface area contributed by atoms with Crippen molar-refractivity contribution in [2.75, 3.05) is 26.3 Å². The Balaban J connectivity index is 0.000000500. The monoisotopic (exact) mass is 163 g/mol. The van der Waals surface area contributed by atoms with E-state index in [2.05, 4.69) is 5.32 Å². The van der Waals surface area contributed by atoms with Crippen LogP contribution >= 0.6 is 12.4 Å². The molecule has 2 heterocycles. The summed E-state index contributed by atoms with van der Waals surface area (Å²) >= 11 is 0. The van der Waals surface area contributed by atoms with Gasteiger partial charge in [0.15, 0.2) is 0 Å². The molecule has 0 amide bonds. The molecule has 0 aromatic carbocycles. The highest BCUT2D eigenvalue weighted by Crippen LogP contribution is 2.24. The Hall–Kier alpha value is 0.210. The van der Waals surface area contributed by atoms with Gasteiger partial charge in [-0.2, -0.15) is 0 Å². The molecule has 1 atom stereocenters. The summed E-state index contributed by atoms with van der Waals surface area (Å²) in [6.45, 7) is 4.48. The predicted molar refractivity (Wildman–Crippen MR) is 42.5 cm³/mol. The first-order valence-corrected chi connectivity index (χ1v) is 3.75. The maximum absolute atomic E-state index is 5.29. The molecular weight excluding hydrogens is 150 g/mol. The molecular formula is C7H14ClNO. The molecule has 2 saturated heterocycles. The maximum atomic E-state index is 5.29. The summed E-state index contributed by atoms with van der Waals surface area (Å²) in [5, 5.41) is 3.28. The minimum Gasteiger partial charge on any atom is -0.381 e. The van der Waals surface area contributed by atoms with Gasteiger partial charge in [0, 0.05) is 13.2 Å². The quantitative estimate of drug-likeness (QED) is 0.614. The van der Waals surface area contributed by atoms with Crippen molar-refractivity contribution in [1.29, 1.82) is 0 Å². The predicted octanol–water partition coefficient (Wildman–Crippen LogP) is 0.664. The van der Waals surface area contributed by atoms with Gasteiger partial charge >= 0.3 is 0 Å². The largest absolute Gasteiger partial charge is 0.381 e. The molecule has 1 N–H and O–H groups in total. The van der Waals surface area contributed by atoms with E-state index in [0.717, 1.165) is 25.0 Å². The van der Waals surface area contributed by atoms with Crippen molar-refractivity contribution in [2.45, 2.75) is 6.42 Å². The van der Waals surface area contributed by atoms with Gasteiger partial charge in [-0.25, -0.2) is 0 Å². The zero-order valence-corrected chi connectivity index (χ0v) is 6.82. The lowest BCUT2D eigenvalue weighted by Crippen LogP contribution is -2.46. The average molecular weight is 164 g/mol. The summed E-state index contributed by atoms with van der Waals surface area (Å²) in [5.41, 5.74) is 0. The molecule has 3 heteroatoms. The van der Waals surface area contributed by atoms with Crippen LogP contribution in [0.2, 0.25) is 0 Å². The smallest absolute Gasteiger partial charge is 0.0498 e. The second kappa shape index (κ2) is 3.56.